The molecule has 0 aliphatic carbocycles. The molecule has 0 spiro atoms. The molecule has 23 heavy (non-hydrogen) atoms. The quantitative estimate of drug-likeness (QED) is 0.592. The first-order chi connectivity index (χ1) is 11.1. The summed E-state index contributed by atoms with van der Waals surface area (Å²) < 4.78 is 5.93. The van der Waals surface area contributed by atoms with Crippen molar-refractivity contribution >= 4 is 17.3 Å². The standard InChI is InChI=1S/C20H20ClNO/c1-14(2)18-5-3-4-6-19(18)22-13-17-11-12-20(23-17)15-7-9-16(21)10-8-15/h3-12,14,22H,13H2,1-2H3. The molecule has 2 nitrogen and oxygen atoms in total. The van der Waals surface area contributed by atoms with E-state index in [0.29, 0.717) is 12.5 Å². The zero-order chi connectivity index (χ0) is 16.2. The molecule has 1 N–H and O–H groups in total. The number of nitrogens with one attached hydrogen (secondary N) is 1. The third-order valence-corrected chi connectivity index (χ3v) is 4.08. The van der Waals surface area contributed by atoms with Gasteiger partial charge in [-0.05, 0) is 53.9 Å². The fourth-order valence-corrected chi connectivity index (χ4v) is 2.71. The molecule has 0 bridgehead atoms. The zero-order valence-corrected chi connectivity index (χ0v) is 14.1. The Morgan fingerprint density at radius 1 is 0.957 bits per heavy atom. The van der Waals surface area contributed by atoms with Crippen LogP contribution >= 0.6 is 11.6 Å². The molecule has 0 aliphatic heterocycles. The second kappa shape index (κ2) is 6.93. The monoisotopic (exact) mass is 325 g/mol. The first-order valence-corrected chi connectivity index (χ1v) is 8.19. The van der Waals surface area contributed by atoms with E-state index >= 15 is 0 Å². The minimum atomic E-state index is 0.486. The second-order valence-corrected chi connectivity index (χ2v) is 6.30. The maximum absolute atomic E-state index is 5.93. The van der Waals surface area contributed by atoms with Crippen LogP contribution < -0.4 is 5.32 Å². The maximum atomic E-state index is 5.93. The molecule has 1 heterocycles. The van der Waals surface area contributed by atoms with Gasteiger partial charge in [0.1, 0.15) is 11.5 Å². The number of para-hydroxylation sites is 1. The number of anilines is 1. The molecular weight excluding hydrogens is 306 g/mol. The zero-order valence-electron chi connectivity index (χ0n) is 13.3. The summed E-state index contributed by atoms with van der Waals surface area (Å²) in [6.45, 7) is 5.06. The van der Waals surface area contributed by atoms with Gasteiger partial charge in [0.25, 0.3) is 0 Å². The maximum Gasteiger partial charge on any atom is 0.134 e. The van der Waals surface area contributed by atoms with Crippen molar-refractivity contribution in [3.63, 3.8) is 0 Å². The molecule has 0 fully saturated rings. The van der Waals surface area contributed by atoms with E-state index in [4.69, 9.17) is 16.0 Å². The predicted octanol–water partition coefficient (Wildman–Crippen LogP) is 6.34. The lowest BCUT2D eigenvalue weighted by molar-refractivity contribution is 0.531. The van der Waals surface area contributed by atoms with Gasteiger partial charge in [-0.1, -0.05) is 43.6 Å². The van der Waals surface area contributed by atoms with Crippen LogP contribution in [-0.4, -0.2) is 0 Å². The number of rotatable bonds is 5. The van der Waals surface area contributed by atoms with Gasteiger partial charge in [0.2, 0.25) is 0 Å². The number of furan rings is 1. The Hall–Kier alpha value is -2.19. The molecule has 0 amide bonds. The van der Waals surface area contributed by atoms with Crippen molar-refractivity contribution in [2.24, 2.45) is 0 Å². The van der Waals surface area contributed by atoms with E-state index in [-0.39, 0.29) is 0 Å². The number of hydrogen-bond donors (Lipinski definition) is 1. The number of halogens is 1. The summed E-state index contributed by atoms with van der Waals surface area (Å²) in [6, 6.07) is 20.1. The molecular formula is C20H20ClNO. The molecule has 0 atom stereocenters. The van der Waals surface area contributed by atoms with Crippen molar-refractivity contribution in [2.45, 2.75) is 26.3 Å². The first-order valence-electron chi connectivity index (χ1n) is 7.81. The molecule has 0 aliphatic rings. The van der Waals surface area contributed by atoms with Crippen molar-refractivity contribution in [1.29, 1.82) is 0 Å². The van der Waals surface area contributed by atoms with Crippen LogP contribution in [0.4, 0.5) is 5.69 Å². The molecule has 0 saturated carbocycles. The summed E-state index contributed by atoms with van der Waals surface area (Å²) in [5, 5.41) is 4.20. The van der Waals surface area contributed by atoms with Gasteiger partial charge in [-0.15, -0.1) is 0 Å². The Balaban J connectivity index is 1.72. The molecule has 3 aromatic rings. The predicted molar refractivity (Wildman–Crippen MR) is 97.0 cm³/mol. The SMILES string of the molecule is CC(C)c1ccccc1NCc1ccc(-c2ccc(Cl)cc2)o1. The highest BCUT2D eigenvalue weighted by molar-refractivity contribution is 6.30. The van der Waals surface area contributed by atoms with E-state index in [2.05, 4.69) is 43.4 Å². The fourth-order valence-electron chi connectivity index (χ4n) is 2.59. The van der Waals surface area contributed by atoms with E-state index in [9.17, 15) is 0 Å². The van der Waals surface area contributed by atoms with Crippen LogP contribution in [0.2, 0.25) is 5.02 Å². The summed E-state index contributed by atoms with van der Waals surface area (Å²) in [7, 11) is 0. The van der Waals surface area contributed by atoms with Crippen LogP contribution in [0.1, 0.15) is 31.1 Å². The summed E-state index contributed by atoms with van der Waals surface area (Å²) in [6.07, 6.45) is 0. The Morgan fingerprint density at radius 2 is 1.70 bits per heavy atom. The smallest absolute Gasteiger partial charge is 0.134 e. The van der Waals surface area contributed by atoms with Gasteiger partial charge in [0.15, 0.2) is 0 Å². The van der Waals surface area contributed by atoms with Gasteiger partial charge in [-0.25, -0.2) is 0 Å². The Morgan fingerprint density at radius 3 is 2.43 bits per heavy atom. The van der Waals surface area contributed by atoms with Crippen molar-refractivity contribution in [1.82, 2.24) is 0 Å². The molecule has 0 saturated heterocycles. The van der Waals surface area contributed by atoms with Gasteiger partial charge in [-0.3, -0.25) is 0 Å². The summed E-state index contributed by atoms with van der Waals surface area (Å²) in [5.41, 5.74) is 3.51. The Bertz CT molecular complexity index is 774. The third kappa shape index (κ3) is 3.77. The van der Waals surface area contributed by atoms with Crippen LogP contribution in [0.3, 0.4) is 0 Å². The van der Waals surface area contributed by atoms with Crippen LogP contribution in [-0.2, 0) is 6.54 Å². The average Bonchev–Trinajstić information content (AvgIpc) is 3.03. The topological polar surface area (TPSA) is 25.2 Å². The highest BCUT2D eigenvalue weighted by Crippen LogP contribution is 2.26. The second-order valence-electron chi connectivity index (χ2n) is 5.87. The average molecular weight is 326 g/mol. The lowest BCUT2D eigenvalue weighted by atomic mass is 10.0. The summed E-state index contributed by atoms with van der Waals surface area (Å²) in [4.78, 5) is 0. The van der Waals surface area contributed by atoms with Crippen molar-refractivity contribution < 1.29 is 4.42 Å². The van der Waals surface area contributed by atoms with E-state index in [0.717, 1.165) is 27.8 Å². The molecule has 118 valence electrons. The van der Waals surface area contributed by atoms with Gasteiger partial charge in [-0.2, -0.15) is 0 Å². The Labute approximate surface area is 142 Å². The van der Waals surface area contributed by atoms with E-state index in [1.54, 1.807) is 0 Å². The molecule has 0 unspecified atom stereocenters. The largest absolute Gasteiger partial charge is 0.459 e. The highest BCUT2D eigenvalue weighted by Gasteiger charge is 2.08. The highest BCUT2D eigenvalue weighted by atomic mass is 35.5. The van der Waals surface area contributed by atoms with Gasteiger partial charge >= 0.3 is 0 Å². The van der Waals surface area contributed by atoms with Crippen molar-refractivity contribution in [2.75, 3.05) is 5.32 Å². The minimum Gasteiger partial charge on any atom is -0.459 e. The van der Waals surface area contributed by atoms with Crippen LogP contribution in [0.5, 0.6) is 0 Å². The van der Waals surface area contributed by atoms with Crippen LogP contribution in [0, 0.1) is 0 Å². The van der Waals surface area contributed by atoms with Crippen LogP contribution in [0.15, 0.2) is 65.1 Å². The summed E-state index contributed by atoms with van der Waals surface area (Å²) in [5.74, 6) is 2.25. The van der Waals surface area contributed by atoms with E-state index in [1.807, 2.05) is 36.4 Å². The number of benzene rings is 2. The Kier molecular flexibility index (Phi) is 4.73. The first kappa shape index (κ1) is 15.7. The van der Waals surface area contributed by atoms with E-state index < -0.39 is 0 Å². The normalized spacial score (nSPS) is 11.0. The number of hydrogen-bond acceptors (Lipinski definition) is 2. The van der Waals surface area contributed by atoms with Gasteiger partial charge < -0.3 is 9.73 Å². The minimum absolute atomic E-state index is 0.486. The van der Waals surface area contributed by atoms with Crippen molar-refractivity contribution in [3.05, 3.63) is 77.0 Å². The molecule has 3 rings (SSSR count). The summed E-state index contributed by atoms with van der Waals surface area (Å²) >= 11 is 5.92. The molecule has 1 aromatic heterocycles. The van der Waals surface area contributed by atoms with Gasteiger partial charge in [0, 0.05) is 16.3 Å². The molecule has 2 aromatic carbocycles. The van der Waals surface area contributed by atoms with Crippen LogP contribution in [0.25, 0.3) is 11.3 Å². The third-order valence-electron chi connectivity index (χ3n) is 3.83. The van der Waals surface area contributed by atoms with Crippen molar-refractivity contribution in [3.8, 4) is 11.3 Å². The van der Waals surface area contributed by atoms with E-state index in [1.165, 1.54) is 5.56 Å². The van der Waals surface area contributed by atoms with Gasteiger partial charge in [0.05, 0.1) is 6.54 Å². The lowest BCUT2D eigenvalue weighted by Crippen LogP contribution is -2.02. The molecule has 0 radical (unpaired) electrons. The molecule has 3 heteroatoms. The lowest BCUT2D eigenvalue weighted by Gasteiger charge is -2.13. The fraction of sp³-hybridized carbons (Fsp3) is 0.200.